The fraction of sp³-hybridized carbons (Fsp3) is 0.533. The zero-order valence-electron chi connectivity index (χ0n) is 12.2. The van der Waals surface area contributed by atoms with Crippen molar-refractivity contribution in [2.75, 3.05) is 13.2 Å². The van der Waals surface area contributed by atoms with Crippen LogP contribution in [0.2, 0.25) is 0 Å². The summed E-state index contributed by atoms with van der Waals surface area (Å²) in [6, 6.07) is 5.88. The number of ether oxygens (including phenoxy) is 1. The van der Waals surface area contributed by atoms with Gasteiger partial charge in [-0.3, -0.25) is 4.79 Å². The molecule has 0 unspecified atom stereocenters. The number of hydrogen-bond donors (Lipinski definition) is 2. The molecule has 0 heterocycles. The molecule has 4 nitrogen and oxygen atoms in total. The highest BCUT2D eigenvalue weighted by atomic mass is 19.3. The van der Waals surface area contributed by atoms with E-state index in [2.05, 4.69) is 10.1 Å². The van der Waals surface area contributed by atoms with Gasteiger partial charge in [0.05, 0.1) is 5.56 Å². The molecule has 0 spiro atoms. The van der Waals surface area contributed by atoms with Crippen LogP contribution in [0.1, 0.15) is 37.0 Å². The molecule has 1 rings (SSSR count). The van der Waals surface area contributed by atoms with Crippen LogP contribution in [-0.2, 0) is 0 Å². The van der Waals surface area contributed by atoms with Crippen LogP contribution in [0.25, 0.3) is 0 Å². The monoisotopic (exact) mass is 301 g/mol. The Labute approximate surface area is 123 Å². The minimum Gasteiger partial charge on any atom is -0.434 e. The van der Waals surface area contributed by atoms with E-state index < -0.39 is 12.5 Å². The molecule has 21 heavy (non-hydrogen) atoms. The van der Waals surface area contributed by atoms with Crippen LogP contribution in [0, 0.1) is 5.41 Å². The number of carbonyl (C=O) groups is 1. The van der Waals surface area contributed by atoms with Gasteiger partial charge in [0.15, 0.2) is 0 Å². The summed E-state index contributed by atoms with van der Waals surface area (Å²) in [5, 5.41) is 11.5. The third-order valence-corrected chi connectivity index (χ3v) is 3.09. The number of carbonyl (C=O) groups excluding carboxylic acids is 1. The number of aliphatic hydroxyl groups excluding tert-OH is 1. The van der Waals surface area contributed by atoms with Crippen LogP contribution in [-0.4, -0.2) is 30.8 Å². The first-order chi connectivity index (χ1) is 9.85. The van der Waals surface area contributed by atoms with Gasteiger partial charge in [-0.15, -0.1) is 0 Å². The normalized spacial score (nSPS) is 11.5. The fourth-order valence-corrected chi connectivity index (χ4v) is 1.91. The summed E-state index contributed by atoms with van der Waals surface area (Å²) in [5.41, 5.74) is -0.104. The number of alkyl halides is 2. The number of rotatable bonds is 8. The van der Waals surface area contributed by atoms with E-state index in [1.807, 2.05) is 13.8 Å². The van der Waals surface area contributed by atoms with E-state index in [0.29, 0.717) is 13.0 Å². The number of nitrogens with one attached hydrogen (secondary N) is 1. The number of aliphatic hydroxyl groups is 1. The zero-order valence-corrected chi connectivity index (χ0v) is 12.2. The Kier molecular flexibility index (Phi) is 6.55. The number of benzene rings is 1. The largest absolute Gasteiger partial charge is 0.434 e. The Balaban J connectivity index is 2.67. The van der Waals surface area contributed by atoms with Crippen molar-refractivity contribution < 1.29 is 23.4 Å². The van der Waals surface area contributed by atoms with Crippen LogP contribution in [0.4, 0.5) is 8.78 Å². The first-order valence-electron chi connectivity index (χ1n) is 6.78. The molecule has 1 aromatic carbocycles. The molecule has 0 atom stereocenters. The summed E-state index contributed by atoms with van der Waals surface area (Å²) >= 11 is 0. The Hall–Kier alpha value is -1.69. The second-order valence-corrected chi connectivity index (χ2v) is 5.55. The summed E-state index contributed by atoms with van der Waals surface area (Å²) in [6.45, 7) is 1.44. The van der Waals surface area contributed by atoms with Gasteiger partial charge < -0.3 is 15.2 Å². The van der Waals surface area contributed by atoms with Crippen LogP contribution >= 0.6 is 0 Å². The van der Waals surface area contributed by atoms with E-state index in [4.69, 9.17) is 5.11 Å². The highest BCUT2D eigenvalue weighted by Gasteiger charge is 2.20. The summed E-state index contributed by atoms with van der Waals surface area (Å²) < 4.78 is 28.9. The first-order valence-corrected chi connectivity index (χ1v) is 6.78. The molecular formula is C15H21F2NO3. The summed E-state index contributed by atoms with van der Waals surface area (Å²) in [4.78, 5) is 12.1. The third kappa shape index (κ3) is 6.08. The van der Waals surface area contributed by atoms with Crippen molar-refractivity contribution in [1.82, 2.24) is 5.32 Å². The maximum absolute atomic E-state index is 12.3. The minimum atomic E-state index is -2.97. The molecule has 0 aliphatic carbocycles. The average Bonchev–Trinajstić information content (AvgIpc) is 2.43. The molecular weight excluding hydrogens is 280 g/mol. The standard InChI is InChI=1S/C15H21F2NO3/c1-15(2,8-5-9-19)10-18-13(20)11-6-3-4-7-12(11)21-14(16)17/h3-4,6-7,14,19H,5,8-10H2,1-2H3,(H,18,20). The Morgan fingerprint density at radius 3 is 2.67 bits per heavy atom. The summed E-state index contributed by atoms with van der Waals surface area (Å²) in [5.74, 6) is -0.596. The van der Waals surface area contributed by atoms with Gasteiger partial charge in [0.2, 0.25) is 0 Å². The van der Waals surface area contributed by atoms with Gasteiger partial charge in [0.1, 0.15) is 5.75 Å². The average molecular weight is 301 g/mol. The van der Waals surface area contributed by atoms with Crippen molar-refractivity contribution in [3.05, 3.63) is 29.8 Å². The number of hydrogen-bond acceptors (Lipinski definition) is 3. The van der Waals surface area contributed by atoms with Crippen molar-refractivity contribution in [2.24, 2.45) is 5.41 Å². The fourth-order valence-electron chi connectivity index (χ4n) is 1.91. The SMILES string of the molecule is CC(C)(CCCO)CNC(=O)c1ccccc1OC(F)F. The third-order valence-electron chi connectivity index (χ3n) is 3.09. The van der Waals surface area contributed by atoms with Gasteiger partial charge in [-0.05, 0) is 30.4 Å². The van der Waals surface area contributed by atoms with Gasteiger partial charge in [0, 0.05) is 13.2 Å². The topological polar surface area (TPSA) is 58.6 Å². The number of halogens is 2. The van der Waals surface area contributed by atoms with E-state index in [1.165, 1.54) is 18.2 Å². The summed E-state index contributed by atoms with van der Waals surface area (Å²) in [7, 11) is 0. The van der Waals surface area contributed by atoms with Gasteiger partial charge in [-0.1, -0.05) is 26.0 Å². The van der Waals surface area contributed by atoms with Crippen molar-refractivity contribution in [2.45, 2.75) is 33.3 Å². The Morgan fingerprint density at radius 1 is 1.38 bits per heavy atom. The van der Waals surface area contributed by atoms with Crippen LogP contribution in [0.5, 0.6) is 5.75 Å². The molecule has 1 aromatic rings. The molecule has 0 radical (unpaired) electrons. The molecule has 0 fully saturated rings. The predicted octanol–water partition coefficient (Wildman–Crippen LogP) is 2.82. The van der Waals surface area contributed by atoms with Gasteiger partial charge in [0.25, 0.3) is 5.91 Å². The van der Waals surface area contributed by atoms with Crippen molar-refractivity contribution in [3.8, 4) is 5.75 Å². The molecule has 118 valence electrons. The molecule has 0 aromatic heterocycles. The number of para-hydroxylation sites is 1. The van der Waals surface area contributed by atoms with Crippen molar-refractivity contribution in [3.63, 3.8) is 0 Å². The maximum atomic E-state index is 12.3. The molecule has 0 aliphatic heterocycles. The smallest absolute Gasteiger partial charge is 0.387 e. The lowest BCUT2D eigenvalue weighted by Gasteiger charge is -2.24. The van der Waals surface area contributed by atoms with Gasteiger partial charge in [-0.2, -0.15) is 8.78 Å². The molecule has 0 aliphatic rings. The van der Waals surface area contributed by atoms with Gasteiger partial charge >= 0.3 is 6.61 Å². The zero-order chi connectivity index (χ0) is 15.9. The second-order valence-electron chi connectivity index (χ2n) is 5.55. The van der Waals surface area contributed by atoms with Crippen LogP contribution in [0.15, 0.2) is 24.3 Å². The van der Waals surface area contributed by atoms with E-state index in [1.54, 1.807) is 6.07 Å². The van der Waals surface area contributed by atoms with E-state index in [-0.39, 0.29) is 23.3 Å². The van der Waals surface area contributed by atoms with E-state index in [0.717, 1.165) is 6.42 Å². The predicted molar refractivity (Wildman–Crippen MR) is 75.5 cm³/mol. The Morgan fingerprint density at radius 2 is 2.05 bits per heavy atom. The molecule has 1 amide bonds. The second kappa shape index (κ2) is 7.93. The molecule has 0 saturated carbocycles. The van der Waals surface area contributed by atoms with Crippen LogP contribution in [0.3, 0.4) is 0 Å². The summed E-state index contributed by atoms with van der Waals surface area (Å²) in [6.07, 6.45) is 1.40. The van der Waals surface area contributed by atoms with E-state index >= 15 is 0 Å². The lowest BCUT2D eigenvalue weighted by molar-refractivity contribution is -0.0501. The number of amides is 1. The van der Waals surface area contributed by atoms with Crippen molar-refractivity contribution >= 4 is 5.91 Å². The lowest BCUT2D eigenvalue weighted by Crippen LogP contribution is -2.34. The Bertz CT molecular complexity index is 464. The maximum Gasteiger partial charge on any atom is 0.387 e. The molecule has 0 saturated heterocycles. The minimum absolute atomic E-state index is 0.0794. The lowest BCUT2D eigenvalue weighted by atomic mass is 9.88. The molecule has 6 heteroatoms. The highest BCUT2D eigenvalue weighted by molar-refractivity contribution is 5.96. The van der Waals surface area contributed by atoms with Gasteiger partial charge in [-0.25, -0.2) is 0 Å². The van der Waals surface area contributed by atoms with Crippen LogP contribution < -0.4 is 10.1 Å². The van der Waals surface area contributed by atoms with Crippen molar-refractivity contribution in [1.29, 1.82) is 0 Å². The molecule has 0 bridgehead atoms. The quantitative estimate of drug-likeness (QED) is 0.776. The molecule has 2 N–H and O–H groups in total. The highest BCUT2D eigenvalue weighted by Crippen LogP contribution is 2.23. The van der Waals surface area contributed by atoms with E-state index in [9.17, 15) is 13.6 Å². The first kappa shape index (κ1) is 17.4.